The Hall–Kier alpha value is 0.208. The first-order valence-corrected chi connectivity index (χ1v) is 11.2. The first-order chi connectivity index (χ1) is 10.9. The molecule has 0 rings (SSSR count). The van der Waals surface area contributed by atoms with Crippen molar-refractivity contribution in [2.24, 2.45) is 6.99 Å². The summed E-state index contributed by atoms with van der Waals surface area (Å²) in [4.78, 5) is 0. The van der Waals surface area contributed by atoms with Gasteiger partial charge in [-0.2, -0.15) is 6.54 Å². The maximum absolute atomic E-state index is 4.51. The fourth-order valence-electron chi connectivity index (χ4n) is 1.41. The Balaban J connectivity index is -0.000000306. The molecular formula is C20H46MoN4. The number of hydrogen-bond acceptors (Lipinski definition) is 2. The van der Waals surface area contributed by atoms with E-state index < -0.39 is 18.2 Å². The molecule has 152 valence electrons. The molecule has 0 unspecified atom stereocenters. The van der Waals surface area contributed by atoms with Crippen LogP contribution in [0.1, 0.15) is 96.9 Å². The maximum atomic E-state index is 4.51. The van der Waals surface area contributed by atoms with Crippen molar-refractivity contribution in [3.8, 4) is 0 Å². The van der Waals surface area contributed by atoms with Gasteiger partial charge in [0.2, 0.25) is 0 Å². The van der Waals surface area contributed by atoms with E-state index in [1.165, 1.54) is 0 Å². The number of hydrogen-bond donors (Lipinski definition) is 0. The van der Waals surface area contributed by atoms with Gasteiger partial charge in [-0.25, -0.2) is 0 Å². The molecule has 0 heterocycles. The zero-order valence-electron chi connectivity index (χ0n) is 19.6. The van der Waals surface area contributed by atoms with Crippen molar-refractivity contribution in [3.05, 3.63) is 10.6 Å². The minimum atomic E-state index is -0.473. The molecular weight excluding hydrogens is 392 g/mol. The number of nitrogens with zero attached hydrogens (tertiary/aromatic N) is 4. The summed E-state index contributed by atoms with van der Waals surface area (Å²) in [5, 5.41) is 8.53. The molecule has 0 amide bonds. The molecule has 0 saturated carbocycles. The van der Waals surface area contributed by atoms with Crippen LogP contribution in [0.15, 0.2) is 6.99 Å². The molecule has 5 heteroatoms. The van der Waals surface area contributed by atoms with Gasteiger partial charge in [0.1, 0.15) is 0 Å². The van der Waals surface area contributed by atoms with Crippen LogP contribution in [0, 0.1) is 0 Å². The summed E-state index contributed by atoms with van der Waals surface area (Å²) >= 11 is -0.473. The molecule has 0 aliphatic rings. The van der Waals surface area contributed by atoms with E-state index in [4.69, 9.17) is 0 Å². The summed E-state index contributed by atoms with van der Waals surface area (Å²) < 4.78 is 9.01. The quantitative estimate of drug-likeness (QED) is 0.413. The molecule has 0 saturated heterocycles. The SMILES string of the molecule is CC(C)(C)[N]=[Mo+2]=[N]C(C)(C)C.CC(C)[N-]C(C)(C)C.CC[N-]C(C)C. The van der Waals surface area contributed by atoms with E-state index >= 15 is 0 Å². The number of rotatable bonds is 3. The Bertz CT molecular complexity index is 345. The van der Waals surface area contributed by atoms with Crippen molar-refractivity contribution >= 4 is 0 Å². The molecule has 0 aromatic carbocycles. The predicted octanol–water partition coefficient (Wildman–Crippen LogP) is 7.39. The molecule has 0 radical (unpaired) electrons. The van der Waals surface area contributed by atoms with Gasteiger partial charge in [-0.15, -0.1) is 17.6 Å². The van der Waals surface area contributed by atoms with Gasteiger partial charge in [0, 0.05) is 0 Å². The third-order valence-electron chi connectivity index (χ3n) is 1.82. The van der Waals surface area contributed by atoms with E-state index in [1.807, 2.05) is 0 Å². The van der Waals surface area contributed by atoms with Crippen LogP contribution < -0.4 is 0 Å². The van der Waals surface area contributed by atoms with Crippen molar-refractivity contribution in [1.29, 1.82) is 0 Å². The van der Waals surface area contributed by atoms with Gasteiger partial charge in [-0.1, -0.05) is 55.4 Å². The second-order valence-corrected chi connectivity index (χ2v) is 10.9. The molecule has 0 atom stereocenters. The smallest absolute Gasteiger partial charge is 0.0793 e. The van der Waals surface area contributed by atoms with Crippen molar-refractivity contribution < 1.29 is 18.2 Å². The zero-order valence-corrected chi connectivity index (χ0v) is 21.6. The van der Waals surface area contributed by atoms with Gasteiger partial charge < -0.3 is 10.6 Å². The summed E-state index contributed by atoms with van der Waals surface area (Å²) in [6, 6.07) is 0.991. The van der Waals surface area contributed by atoms with Gasteiger partial charge in [0.15, 0.2) is 0 Å². The van der Waals surface area contributed by atoms with Crippen molar-refractivity contribution in [3.63, 3.8) is 0 Å². The average molecular weight is 439 g/mol. The third kappa shape index (κ3) is 45.4. The molecule has 0 aliphatic carbocycles. The van der Waals surface area contributed by atoms with E-state index in [9.17, 15) is 0 Å². The van der Waals surface area contributed by atoms with Crippen LogP contribution in [0.2, 0.25) is 0 Å². The molecule has 0 bridgehead atoms. The Morgan fingerprint density at radius 1 is 0.720 bits per heavy atom. The standard InChI is InChI=1S/C7H16N.C5H12N.2C4H9N.Mo/c1-6(2)8-7(3,4)5;1-4-6-5(2)3;2*1-4(2,3)5;/h6H,1-5H3;5H,4H2,1-3H3;2*1-3H3;/q2*-1;;;+2. The third-order valence-corrected chi connectivity index (χ3v) is 4.92. The Morgan fingerprint density at radius 3 is 1.16 bits per heavy atom. The Kier molecular flexibility index (Phi) is 17.1. The second kappa shape index (κ2) is 14.3. The molecule has 0 N–H and O–H groups in total. The van der Waals surface area contributed by atoms with Crippen molar-refractivity contribution in [2.45, 2.75) is 126 Å². The Morgan fingerprint density at radius 2 is 1.08 bits per heavy atom. The summed E-state index contributed by atoms with van der Waals surface area (Å²) in [6.07, 6.45) is 0. The summed E-state index contributed by atoms with van der Waals surface area (Å²) in [5.74, 6) is 0. The van der Waals surface area contributed by atoms with Gasteiger partial charge >= 0.3 is 77.8 Å². The van der Waals surface area contributed by atoms with Gasteiger partial charge in [0.05, 0.1) is 0 Å². The van der Waals surface area contributed by atoms with Crippen LogP contribution in [0.4, 0.5) is 0 Å². The van der Waals surface area contributed by atoms with E-state index in [2.05, 4.69) is 115 Å². The molecule has 25 heavy (non-hydrogen) atoms. The minimum Gasteiger partial charge on any atom is -0.660 e. The summed E-state index contributed by atoms with van der Waals surface area (Å²) in [6.45, 7) is 30.5. The molecule has 0 aliphatic heterocycles. The first kappa shape index (κ1) is 30.0. The van der Waals surface area contributed by atoms with Crippen molar-refractivity contribution in [2.75, 3.05) is 6.54 Å². The fraction of sp³-hybridized carbons (Fsp3) is 1.00. The minimum absolute atomic E-state index is 0.108. The van der Waals surface area contributed by atoms with Crippen LogP contribution in [0.25, 0.3) is 10.6 Å². The van der Waals surface area contributed by atoms with Crippen LogP contribution in [0.3, 0.4) is 0 Å². The van der Waals surface area contributed by atoms with E-state index in [1.54, 1.807) is 0 Å². The summed E-state index contributed by atoms with van der Waals surface area (Å²) in [7, 11) is 0. The van der Waals surface area contributed by atoms with E-state index in [0.717, 1.165) is 6.54 Å². The largest absolute Gasteiger partial charge is 0.660 e. The normalized spacial score (nSPS) is 11.8. The van der Waals surface area contributed by atoms with E-state index in [0.29, 0.717) is 12.1 Å². The molecule has 0 fully saturated rings. The first-order valence-electron chi connectivity index (χ1n) is 9.39. The molecule has 0 aromatic rings. The maximum Gasteiger partial charge on any atom is -0.0793 e. The average Bonchev–Trinajstić information content (AvgIpc) is 2.22. The second-order valence-electron chi connectivity index (χ2n) is 9.59. The molecule has 0 aromatic heterocycles. The Labute approximate surface area is 168 Å². The molecule has 0 spiro atoms. The van der Waals surface area contributed by atoms with Crippen LogP contribution in [-0.2, 0) is 18.2 Å². The van der Waals surface area contributed by atoms with E-state index in [-0.39, 0.29) is 16.6 Å². The van der Waals surface area contributed by atoms with Gasteiger partial charge in [-0.05, 0) is 0 Å². The van der Waals surface area contributed by atoms with Crippen molar-refractivity contribution in [1.82, 2.24) is 0 Å². The molecule has 4 nitrogen and oxygen atoms in total. The van der Waals surface area contributed by atoms with Crippen LogP contribution in [-0.4, -0.2) is 35.2 Å². The monoisotopic (exact) mass is 440 g/mol. The van der Waals surface area contributed by atoms with Gasteiger partial charge in [-0.3, -0.25) is 0 Å². The zero-order chi connectivity index (χ0) is 20.9. The fourth-order valence-corrected chi connectivity index (χ4v) is 2.71. The topological polar surface area (TPSA) is 52.9 Å². The van der Waals surface area contributed by atoms with Crippen LogP contribution >= 0.6 is 0 Å². The van der Waals surface area contributed by atoms with Gasteiger partial charge in [0.25, 0.3) is 0 Å². The summed E-state index contributed by atoms with van der Waals surface area (Å²) in [5.41, 5.74) is 0.363. The predicted molar refractivity (Wildman–Crippen MR) is 112 cm³/mol. The van der Waals surface area contributed by atoms with Crippen LogP contribution in [0.5, 0.6) is 0 Å².